The van der Waals surface area contributed by atoms with Gasteiger partial charge in [-0.3, -0.25) is 0 Å². The van der Waals surface area contributed by atoms with Gasteiger partial charge < -0.3 is 15.1 Å². The van der Waals surface area contributed by atoms with Crippen molar-refractivity contribution in [2.75, 3.05) is 42.9 Å². The van der Waals surface area contributed by atoms with E-state index in [1.807, 2.05) is 19.3 Å². The van der Waals surface area contributed by atoms with Crippen molar-refractivity contribution in [2.24, 2.45) is 0 Å². The van der Waals surface area contributed by atoms with Crippen LogP contribution in [0.15, 0.2) is 36.7 Å². The van der Waals surface area contributed by atoms with Gasteiger partial charge in [-0.2, -0.15) is 0 Å². The molecular formula is C17H23N5. The van der Waals surface area contributed by atoms with E-state index in [0.29, 0.717) is 5.95 Å². The van der Waals surface area contributed by atoms with E-state index in [-0.39, 0.29) is 0 Å². The SMILES string of the molecule is CCN1CCN(c2ccc(Nc3ncc(C)cn3)cc2)CC1. The topological polar surface area (TPSA) is 44.3 Å². The minimum Gasteiger partial charge on any atom is -0.369 e. The zero-order chi connectivity index (χ0) is 15.4. The fourth-order valence-corrected chi connectivity index (χ4v) is 2.66. The van der Waals surface area contributed by atoms with Crippen LogP contribution in [0, 0.1) is 6.92 Å². The smallest absolute Gasteiger partial charge is 0.227 e. The number of likely N-dealkylation sites (N-methyl/N-ethyl adjacent to an activating group) is 1. The van der Waals surface area contributed by atoms with Crippen molar-refractivity contribution in [3.8, 4) is 0 Å². The number of aromatic nitrogens is 2. The van der Waals surface area contributed by atoms with Crippen LogP contribution in [-0.2, 0) is 0 Å². The van der Waals surface area contributed by atoms with E-state index >= 15 is 0 Å². The Bertz CT molecular complexity index is 585. The number of hydrogen-bond acceptors (Lipinski definition) is 5. The van der Waals surface area contributed by atoms with E-state index in [1.54, 1.807) is 0 Å². The van der Waals surface area contributed by atoms with Gasteiger partial charge >= 0.3 is 0 Å². The number of anilines is 3. The Balaban J connectivity index is 1.62. The number of nitrogens with one attached hydrogen (secondary N) is 1. The monoisotopic (exact) mass is 297 g/mol. The zero-order valence-electron chi connectivity index (χ0n) is 13.3. The van der Waals surface area contributed by atoms with Gasteiger partial charge in [-0.05, 0) is 43.3 Å². The van der Waals surface area contributed by atoms with Crippen molar-refractivity contribution in [2.45, 2.75) is 13.8 Å². The van der Waals surface area contributed by atoms with Crippen LogP contribution in [-0.4, -0.2) is 47.6 Å². The van der Waals surface area contributed by atoms with Crippen molar-refractivity contribution < 1.29 is 0 Å². The summed E-state index contributed by atoms with van der Waals surface area (Å²) in [5.74, 6) is 0.634. The number of hydrogen-bond donors (Lipinski definition) is 1. The van der Waals surface area contributed by atoms with Crippen molar-refractivity contribution in [1.29, 1.82) is 0 Å². The molecule has 1 saturated heterocycles. The molecule has 0 bridgehead atoms. The summed E-state index contributed by atoms with van der Waals surface area (Å²) in [5.41, 5.74) is 3.36. The molecule has 1 aliphatic heterocycles. The molecule has 1 aromatic carbocycles. The first-order chi connectivity index (χ1) is 10.7. The predicted octanol–water partition coefficient (Wildman–Crippen LogP) is 2.67. The van der Waals surface area contributed by atoms with Crippen LogP contribution in [0.3, 0.4) is 0 Å². The molecule has 0 amide bonds. The van der Waals surface area contributed by atoms with Crippen LogP contribution < -0.4 is 10.2 Å². The third-order valence-electron chi connectivity index (χ3n) is 4.09. The maximum Gasteiger partial charge on any atom is 0.227 e. The summed E-state index contributed by atoms with van der Waals surface area (Å²) < 4.78 is 0. The summed E-state index contributed by atoms with van der Waals surface area (Å²) in [5, 5.41) is 3.23. The molecule has 0 radical (unpaired) electrons. The molecule has 2 heterocycles. The molecule has 2 aromatic rings. The van der Waals surface area contributed by atoms with E-state index < -0.39 is 0 Å². The van der Waals surface area contributed by atoms with Crippen LogP contribution in [0.5, 0.6) is 0 Å². The minimum atomic E-state index is 0.634. The van der Waals surface area contributed by atoms with Gasteiger partial charge in [0.1, 0.15) is 0 Å². The van der Waals surface area contributed by atoms with Crippen molar-refractivity contribution >= 4 is 17.3 Å². The fourth-order valence-electron chi connectivity index (χ4n) is 2.66. The molecule has 5 heteroatoms. The Labute approximate surface area is 132 Å². The molecule has 1 aromatic heterocycles. The number of nitrogens with zero attached hydrogens (tertiary/aromatic N) is 4. The van der Waals surface area contributed by atoms with Gasteiger partial charge in [-0.25, -0.2) is 9.97 Å². The maximum atomic E-state index is 4.27. The Kier molecular flexibility index (Phi) is 4.53. The quantitative estimate of drug-likeness (QED) is 0.940. The first-order valence-corrected chi connectivity index (χ1v) is 7.87. The van der Waals surface area contributed by atoms with E-state index in [4.69, 9.17) is 0 Å². The fraction of sp³-hybridized carbons (Fsp3) is 0.412. The molecule has 1 fully saturated rings. The molecule has 5 nitrogen and oxygen atoms in total. The van der Waals surface area contributed by atoms with Gasteiger partial charge in [0.05, 0.1) is 0 Å². The van der Waals surface area contributed by atoms with Gasteiger partial charge in [0.2, 0.25) is 5.95 Å². The number of benzene rings is 1. The van der Waals surface area contributed by atoms with Crippen molar-refractivity contribution in [3.63, 3.8) is 0 Å². The molecule has 116 valence electrons. The van der Waals surface area contributed by atoms with Crippen molar-refractivity contribution in [1.82, 2.24) is 14.9 Å². The number of piperazine rings is 1. The van der Waals surface area contributed by atoms with E-state index in [1.165, 1.54) is 5.69 Å². The highest BCUT2D eigenvalue weighted by atomic mass is 15.3. The summed E-state index contributed by atoms with van der Waals surface area (Å²) in [6.45, 7) is 9.85. The van der Waals surface area contributed by atoms with Gasteiger partial charge in [0, 0.05) is 49.9 Å². The molecule has 0 unspecified atom stereocenters. The average Bonchev–Trinajstić information content (AvgIpc) is 2.58. The highest BCUT2D eigenvalue weighted by molar-refractivity contribution is 5.59. The van der Waals surface area contributed by atoms with E-state index in [9.17, 15) is 0 Å². The molecule has 0 aliphatic carbocycles. The standard InChI is InChI=1S/C17H23N5/c1-3-21-8-10-22(11-9-21)16-6-4-15(5-7-16)20-17-18-12-14(2)13-19-17/h4-7,12-13H,3,8-11H2,1-2H3,(H,18,19,20). The lowest BCUT2D eigenvalue weighted by Crippen LogP contribution is -2.46. The number of rotatable bonds is 4. The second kappa shape index (κ2) is 6.75. The second-order valence-corrected chi connectivity index (χ2v) is 5.68. The molecule has 22 heavy (non-hydrogen) atoms. The molecule has 0 saturated carbocycles. The van der Waals surface area contributed by atoms with Gasteiger partial charge in [-0.15, -0.1) is 0 Å². The van der Waals surface area contributed by atoms with Crippen LogP contribution in [0.4, 0.5) is 17.3 Å². The Hall–Kier alpha value is -2.14. The summed E-state index contributed by atoms with van der Waals surface area (Å²) in [4.78, 5) is 13.5. The highest BCUT2D eigenvalue weighted by Crippen LogP contribution is 2.21. The Morgan fingerprint density at radius 3 is 2.23 bits per heavy atom. The summed E-state index contributed by atoms with van der Waals surface area (Å²) in [6, 6.07) is 8.51. The van der Waals surface area contributed by atoms with Gasteiger partial charge in [0.25, 0.3) is 0 Å². The summed E-state index contributed by atoms with van der Waals surface area (Å²) in [7, 11) is 0. The lowest BCUT2D eigenvalue weighted by molar-refractivity contribution is 0.271. The molecule has 3 rings (SSSR count). The van der Waals surface area contributed by atoms with Crippen LogP contribution in [0.2, 0.25) is 0 Å². The molecule has 0 atom stereocenters. The van der Waals surface area contributed by atoms with Crippen molar-refractivity contribution in [3.05, 3.63) is 42.2 Å². The first kappa shape index (κ1) is 14.8. The normalized spacial score (nSPS) is 15.8. The van der Waals surface area contributed by atoms with Gasteiger partial charge in [-0.1, -0.05) is 6.92 Å². The molecule has 1 aliphatic rings. The molecule has 1 N–H and O–H groups in total. The Morgan fingerprint density at radius 1 is 1.00 bits per heavy atom. The maximum absolute atomic E-state index is 4.27. The average molecular weight is 297 g/mol. The third-order valence-corrected chi connectivity index (χ3v) is 4.09. The van der Waals surface area contributed by atoms with Crippen LogP contribution >= 0.6 is 0 Å². The number of aryl methyl sites for hydroxylation is 1. The largest absolute Gasteiger partial charge is 0.369 e. The lowest BCUT2D eigenvalue weighted by Gasteiger charge is -2.35. The van der Waals surface area contributed by atoms with Crippen LogP contribution in [0.25, 0.3) is 0 Å². The summed E-state index contributed by atoms with van der Waals surface area (Å²) >= 11 is 0. The second-order valence-electron chi connectivity index (χ2n) is 5.68. The molecule has 0 spiro atoms. The van der Waals surface area contributed by atoms with Gasteiger partial charge in [0.15, 0.2) is 0 Å². The molecular weight excluding hydrogens is 274 g/mol. The van der Waals surface area contributed by atoms with Crippen LogP contribution in [0.1, 0.15) is 12.5 Å². The lowest BCUT2D eigenvalue weighted by atomic mass is 10.2. The zero-order valence-corrected chi connectivity index (χ0v) is 13.3. The Morgan fingerprint density at radius 2 is 1.64 bits per heavy atom. The third kappa shape index (κ3) is 3.54. The summed E-state index contributed by atoms with van der Waals surface area (Å²) in [6.07, 6.45) is 3.63. The van der Waals surface area contributed by atoms with E-state index in [2.05, 4.69) is 56.3 Å². The highest BCUT2D eigenvalue weighted by Gasteiger charge is 2.15. The van der Waals surface area contributed by atoms with E-state index in [0.717, 1.165) is 44.0 Å². The minimum absolute atomic E-state index is 0.634. The first-order valence-electron chi connectivity index (χ1n) is 7.87. The predicted molar refractivity (Wildman–Crippen MR) is 90.8 cm³/mol.